The number of oxime groups is 1. The van der Waals surface area contributed by atoms with Crippen LogP contribution >= 0.6 is 11.3 Å². The van der Waals surface area contributed by atoms with E-state index in [1.54, 1.807) is 18.3 Å². The quantitative estimate of drug-likeness (QED) is 0.343. The lowest BCUT2D eigenvalue weighted by Crippen LogP contribution is -2.32. The fourth-order valence-corrected chi connectivity index (χ4v) is 2.29. The van der Waals surface area contributed by atoms with Crippen molar-refractivity contribution in [1.82, 2.24) is 0 Å². The third kappa shape index (κ3) is 2.43. The third-order valence-corrected chi connectivity index (χ3v) is 3.57. The van der Waals surface area contributed by atoms with E-state index in [2.05, 4.69) is 10.5 Å². The maximum Gasteiger partial charge on any atom is 0.234 e. The molecule has 2 aromatic rings. The number of carbonyl (C=O) groups is 1. The van der Waals surface area contributed by atoms with E-state index in [1.165, 1.54) is 0 Å². The minimum Gasteiger partial charge on any atom is -0.409 e. The number of anilines is 1. The van der Waals surface area contributed by atoms with E-state index in [9.17, 15) is 4.79 Å². The van der Waals surface area contributed by atoms with Crippen LogP contribution < -0.4 is 11.1 Å². The number of rotatable bonds is 3. The van der Waals surface area contributed by atoms with Gasteiger partial charge >= 0.3 is 0 Å². The molecule has 0 spiro atoms. The first kappa shape index (κ1) is 12.4. The van der Waals surface area contributed by atoms with Gasteiger partial charge in [0.15, 0.2) is 5.84 Å². The largest absolute Gasteiger partial charge is 0.409 e. The summed E-state index contributed by atoms with van der Waals surface area (Å²) in [5.41, 5.74) is 6.08. The molecule has 1 aromatic heterocycles. The molecule has 4 N–H and O–H groups in total. The Bertz CT molecular complexity index is 606. The molecule has 0 aliphatic heterocycles. The minimum atomic E-state index is -0.673. The Morgan fingerprint density at radius 1 is 1.50 bits per heavy atom. The molecule has 1 heterocycles. The van der Waals surface area contributed by atoms with Crippen LogP contribution in [0.25, 0.3) is 10.1 Å². The summed E-state index contributed by atoms with van der Waals surface area (Å²) in [4.78, 5) is 11.8. The summed E-state index contributed by atoms with van der Waals surface area (Å²) in [6.45, 7) is 1.58. The maximum absolute atomic E-state index is 11.8. The lowest BCUT2D eigenvalue weighted by molar-refractivity contribution is -0.117. The van der Waals surface area contributed by atoms with E-state index in [0.29, 0.717) is 5.69 Å². The predicted octanol–water partition coefficient (Wildman–Crippen LogP) is 2.22. The van der Waals surface area contributed by atoms with Crippen LogP contribution in [0.3, 0.4) is 0 Å². The molecule has 2 rings (SSSR count). The zero-order valence-electron chi connectivity index (χ0n) is 9.75. The Hall–Kier alpha value is -2.08. The van der Waals surface area contributed by atoms with E-state index in [0.717, 1.165) is 10.1 Å². The second-order valence-corrected chi connectivity index (χ2v) is 4.86. The first-order chi connectivity index (χ1) is 8.61. The van der Waals surface area contributed by atoms with Gasteiger partial charge in [-0.2, -0.15) is 0 Å². The van der Waals surface area contributed by atoms with Gasteiger partial charge in [0.2, 0.25) is 5.91 Å². The van der Waals surface area contributed by atoms with Crippen LogP contribution in [0, 0.1) is 5.92 Å². The monoisotopic (exact) mass is 263 g/mol. The van der Waals surface area contributed by atoms with Crippen molar-refractivity contribution in [1.29, 1.82) is 0 Å². The molecule has 0 radical (unpaired) electrons. The van der Waals surface area contributed by atoms with Gasteiger partial charge in [-0.05, 0) is 42.0 Å². The van der Waals surface area contributed by atoms with Crippen LogP contribution in [-0.2, 0) is 4.79 Å². The summed E-state index contributed by atoms with van der Waals surface area (Å²) in [5, 5.41) is 17.2. The van der Waals surface area contributed by atoms with Gasteiger partial charge in [0.25, 0.3) is 0 Å². The van der Waals surface area contributed by atoms with Gasteiger partial charge in [-0.25, -0.2) is 0 Å². The third-order valence-electron chi connectivity index (χ3n) is 2.67. The van der Waals surface area contributed by atoms with Crippen molar-refractivity contribution in [3.05, 3.63) is 29.6 Å². The topological polar surface area (TPSA) is 87.7 Å². The van der Waals surface area contributed by atoms with Crippen LogP contribution in [0.5, 0.6) is 0 Å². The number of amides is 1. The SMILES string of the molecule is CC(C(=O)Nc1ccc2sccc2c1)C(N)=NO. The summed E-state index contributed by atoms with van der Waals surface area (Å²) >= 11 is 1.64. The molecule has 1 aromatic carbocycles. The van der Waals surface area contributed by atoms with Crippen molar-refractivity contribution >= 4 is 38.9 Å². The summed E-state index contributed by atoms with van der Waals surface area (Å²) in [5.74, 6) is -1.09. The van der Waals surface area contributed by atoms with E-state index in [4.69, 9.17) is 10.9 Å². The molecular formula is C12H13N3O2S. The van der Waals surface area contributed by atoms with Crippen molar-refractivity contribution in [2.45, 2.75) is 6.92 Å². The van der Waals surface area contributed by atoms with Gasteiger partial charge < -0.3 is 16.3 Å². The number of hydrogen-bond acceptors (Lipinski definition) is 4. The predicted molar refractivity (Wildman–Crippen MR) is 73.0 cm³/mol. The molecule has 0 bridgehead atoms. The molecule has 0 fully saturated rings. The first-order valence-corrected chi connectivity index (χ1v) is 6.25. The highest BCUT2D eigenvalue weighted by atomic mass is 32.1. The molecule has 1 atom stereocenters. The van der Waals surface area contributed by atoms with Crippen molar-refractivity contribution in [3.8, 4) is 0 Å². The fourth-order valence-electron chi connectivity index (χ4n) is 1.52. The molecule has 0 saturated carbocycles. The lowest BCUT2D eigenvalue weighted by Gasteiger charge is -2.10. The van der Waals surface area contributed by atoms with Gasteiger partial charge in [-0.1, -0.05) is 5.16 Å². The number of nitrogens with two attached hydrogens (primary N) is 1. The first-order valence-electron chi connectivity index (χ1n) is 5.37. The number of fused-ring (bicyclic) bond motifs is 1. The molecule has 1 amide bonds. The summed E-state index contributed by atoms with van der Waals surface area (Å²) in [7, 11) is 0. The molecule has 18 heavy (non-hydrogen) atoms. The van der Waals surface area contributed by atoms with Gasteiger partial charge in [-0.3, -0.25) is 4.79 Å². The second kappa shape index (κ2) is 5.05. The smallest absolute Gasteiger partial charge is 0.234 e. The van der Waals surface area contributed by atoms with E-state index < -0.39 is 5.92 Å². The van der Waals surface area contributed by atoms with Crippen LogP contribution in [0.4, 0.5) is 5.69 Å². The Labute approximate surface area is 108 Å². The van der Waals surface area contributed by atoms with Gasteiger partial charge in [-0.15, -0.1) is 11.3 Å². The molecule has 5 nitrogen and oxygen atoms in total. The van der Waals surface area contributed by atoms with Crippen molar-refractivity contribution in [2.75, 3.05) is 5.32 Å². The van der Waals surface area contributed by atoms with Gasteiger partial charge in [0.1, 0.15) is 0 Å². The standard InChI is InChI=1S/C12H13N3O2S/c1-7(11(13)15-17)12(16)14-9-2-3-10-8(6-9)4-5-18-10/h2-7,17H,1H3,(H2,13,15)(H,14,16). The zero-order chi connectivity index (χ0) is 13.1. The molecule has 0 aliphatic rings. The number of carbonyl (C=O) groups excluding carboxylic acids is 1. The zero-order valence-corrected chi connectivity index (χ0v) is 10.6. The van der Waals surface area contributed by atoms with E-state index >= 15 is 0 Å². The number of hydrogen-bond donors (Lipinski definition) is 3. The average molecular weight is 263 g/mol. The molecule has 1 unspecified atom stereocenters. The molecule has 0 saturated heterocycles. The summed E-state index contributed by atoms with van der Waals surface area (Å²) in [6, 6.07) is 7.66. The van der Waals surface area contributed by atoms with Crippen LogP contribution in [-0.4, -0.2) is 17.0 Å². The highest BCUT2D eigenvalue weighted by Gasteiger charge is 2.17. The Balaban J connectivity index is 2.15. The normalized spacial score (nSPS) is 13.5. The van der Waals surface area contributed by atoms with Crippen LogP contribution in [0.15, 0.2) is 34.8 Å². The number of amidine groups is 1. The van der Waals surface area contributed by atoms with Crippen molar-refractivity contribution in [2.24, 2.45) is 16.8 Å². The van der Waals surface area contributed by atoms with E-state index in [1.807, 2.05) is 29.6 Å². The van der Waals surface area contributed by atoms with Crippen LogP contribution in [0.1, 0.15) is 6.92 Å². The fraction of sp³-hybridized carbons (Fsp3) is 0.167. The van der Waals surface area contributed by atoms with E-state index in [-0.39, 0.29) is 11.7 Å². The molecule has 94 valence electrons. The molecule has 0 aliphatic carbocycles. The highest BCUT2D eigenvalue weighted by molar-refractivity contribution is 7.17. The highest BCUT2D eigenvalue weighted by Crippen LogP contribution is 2.24. The molecule has 6 heteroatoms. The minimum absolute atomic E-state index is 0.107. The number of benzene rings is 1. The number of nitrogens with zero attached hydrogens (tertiary/aromatic N) is 1. The van der Waals surface area contributed by atoms with Gasteiger partial charge in [0, 0.05) is 10.4 Å². The summed E-state index contributed by atoms with van der Waals surface area (Å²) < 4.78 is 1.16. The van der Waals surface area contributed by atoms with Gasteiger partial charge in [0.05, 0.1) is 5.92 Å². The Morgan fingerprint density at radius 3 is 3.00 bits per heavy atom. The number of thiophene rings is 1. The second-order valence-electron chi connectivity index (χ2n) is 3.91. The summed E-state index contributed by atoms with van der Waals surface area (Å²) in [6.07, 6.45) is 0. The Kier molecular flexibility index (Phi) is 3.47. The Morgan fingerprint density at radius 2 is 2.28 bits per heavy atom. The van der Waals surface area contributed by atoms with Crippen molar-refractivity contribution in [3.63, 3.8) is 0 Å². The maximum atomic E-state index is 11.8. The molecular weight excluding hydrogens is 250 g/mol. The average Bonchev–Trinajstić information content (AvgIpc) is 2.84. The number of nitrogens with one attached hydrogen (secondary N) is 1. The van der Waals surface area contributed by atoms with Crippen molar-refractivity contribution < 1.29 is 10.0 Å². The van der Waals surface area contributed by atoms with Crippen LogP contribution in [0.2, 0.25) is 0 Å². The lowest BCUT2D eigenvalue weighted by atomic mass is 10.1.